The summed E-state index contributed by atoms with van der Waals surface area (Å²) in [7, 11) is 2.90. The third-order valence-corrected chi connectivity index (χ3v) is 6.04. The zero-order valence-corrected chi connectivity index (χ0v) is 19.9. The highest BCUT2D eigenvalue weighted by Gasteiger charge is 2.34. The Labute approximate surface area is 196 Å². The van der Waals surface area contributed by atoms with Gasteiger partial charge in [-0.2, -0.15) is 0 Å². The van der Waals surface area contributed by atoms with Gasteiger partial charge in [-0.3, -0.25) is 9.59 Å². The Morgan fingerprint density at radius 2 is 1.52 bits per heavy atom. The fraction of sp³-hybridized carbons (Fsp3) is 0.444. The molecule has 2 aromatic carbocycles. The number of benzene rings is 2. The van der Waals surface area contributed by atoms with E-state index in [0.717, 1.165) is 12.8 Å². The number of carbonyl (C=O) groups is 3. The number of carbonyl (C=O) groups excluding carboxylic acids is 3. The summed E-state index contributed by atoms with van der Waals surface area (Å²) in [4.78, 5) is 33.2. The summed E-state index contributed by atoms with van der Waals surface area (Å²) >= 11 is 0. The molecule has 3 rings (SSSR count). The molecule has 0 spiro atoms. The van der Waals surface area contributed by atoms with Crippen molar-refractivity contribution in [3.8, 4) is 5.75 Å². The Kier molecular flexibility index (Phi) is 10.6. The minimum atomic E-state index is -0.329. The van der Waals surface area contributed by atoms with E-state index in [1.54, 1.807) is 7.11 Å². The molecule has 6 nitrogen and oxygen atoms in total. The molecular formula is C27H35NO5. The maximum atomic E-state index is 12.6. The third-order valence-electron chi connectivity index (χ3n) is 6.04. The Morgan fingerprint density at radius 3 is 2.12 bits per heavy atom. The largest absolute Gasteiger partial charge is 0.496 e. The van der Waals surface area contributed by atoms with Gasteiger partial charge in [-0.1, -0.05) is 61.7 Å². The van der Waals surface area contributed by atoms with Crippen LogP contribution in [0.2, 0.25) is 0 Å². The number of hydrogen-bond acceptors (Lipinski definition) is 5. The van der Waals surface area contributed by atoms with Crippen molar-refractivity contribution in [2.45, 2.75) is 57.3 Å². The molecule has 1 saturated carbocycles. The molecule has 0 atom stereocenters. The second-order valence-electron chi connectivity index (χ2n) is 8.37. The van der Waals surface area contributed by atoms with E-state index in [1.165, 1.54) is 38.9 Å². The van der Waals surface area contributed by atoms with Crippen LogP contribution in [0.5, 0.6) is 5.75 Å². The highest BCUT2D eigenvalue weighted by atomic mass is 16.5. The molecule has 178 valence electrons. The lowest BCUT2D eigenvalue weighted by molar-refractivity contribution is -0.141. The second-order valence-corrected chi connectivity index (χ2v) is 8.37. The van der Waals surface area contributed by atoms with Crippen LogP contribution in [0.15, 0.2) is 54.6 Å². The second kappa shape index (κ2) is 13.4. The number of rotatable bonds is 8. The van der Waals surface area contributed by atoms with Gasteiger partial charge in [-0.15, -0.1) is 0 Å². The maximum absolute atomic E-state index is 12.6. The quantitative estimate of drug-likeness (QED) is 0.578. The first-order chi connectivity index (χ1) is 15.9. The van der Waals surface area contributed by atoms with Crippen LogP contribution in [-0.4, -0.2) is 38.4 Å². The van der Waals surface area contributed by atoms with Gasteiger partial charge < -0.3 is 19.6 Å². The Balaban J connectivity index is 0.000000365. The fourth-order valence-electron chi connectivity index (χ4n) is 4.14. The summed E-state index contributed by atoms with van der Waals surface area (Å²) in [5.41, 5.74) is 1.99. The molecule has 33 heavy (non-hydrogen) atoms. The first kappa shape index (κ1) is 26.1. The molecule has 0 aliphatic heterocycles. The highest BCUT2D eigenvalue weighted by molar-refractivity contribution is 5.97. The molecule has 0 unspecified atom stereocenters. The number of Topliss-reactive ketones (excluding diaryl/α,β-unsaturated/α-hetero) is 1. The van der Waals surface area contributed by atoms with E-state index in [0.29, 0.717) is 17.9 Å². The molecule has 1 amide bonds. The number of nitrogens with one attached hydrogen (secondary N) is 1. The molecule has 1 fully saturated rings. The van der Waals surface area contributed by atoms with Gasteiger partial charge >= 0.3 is 5.97 Å². The minimum Gasteiger partial charge on any atom is -0.496 e. The number of para-hydroxylation sites is 1. The monoisotopic (exact) mass is 453 g/mol. The molecule has 0 radical (unpaired) electrons. The molecule has 0 bridgehead atoms. The van der Waals surface area contributed by atoms with Crippen molar-refractivity contribution >= 4 is 17.7 Å². The normalized spacial score (nSPS) is 14.3. The Bertz CT molecular complexity index is 904. The van der Waals surface area contributed by atoms with Gasteiger partial charge in [0.1, 0.15) is 11.5 Å². The SMILES string of the molecule is COC(=O)CCC(C)=O.COc1ccccc1C(=O)NCC1(c2ccccc2)CCCCC1. The number of hydrogen-bond donors (Lipinski definition) is 1. The summed E-state index contributed by atoms with van der Waals surface area (Å²) in [5, 5.41) is 3.16. The number of esters is 1. The lowest BCUT2D eigenvalue weighted by Crippen LogP contribution is -2.42. The van der Waals surface area contributed by atoms with Crippen molar-refractivity contribution in [2.75, 3.05) is 20.8 Å². The van der Waals surface area contributed by atoms with Gasteiger partial charge in [0.15, 0.2) is 0 Å². The van der Waals surface area contributed by atoms with Crippen LogP contribution in [0, 0.1) is 0 Å². The standard InChI is InChI=1S/C21H25NO2.C6H10O3/c1-24-19-13-7-6-12-18(19)20(23)22-16-21(14-8-3-9-15-21)17-10-4-2-5-11-17;1-5(7)3-4-6(8)9-2/h2,4-7,10-13H,3,8-9,14-16H2,1H3,(H,22,23);3-4H2,1-2H3. The summed E-state index contributed by atoms with van der Waals surface area (Å²) in [6, 6.07) is 18.0. The van der Waals surface area contributed by atoms with Gasteiger partial charge in [0.2, 0.25) is 0 Å². The van der Waals surface area contributed by atoms with E-state index >= 15 is 0 Å². The molecule has 1 aliphatic carbocycles. The van der Waals surface area contributed by atoms with E-state index in [1.807, 2.05) is 30.3 Å². The molecule has 1 aliphatic rings. The van der Waals surface area contributed by atoms with E-state index in [4.69, 9.17) is 4.74 Å². The zero-order chi connectivity index (χ0) is 24.1. The average Bonchev–Trinajstić information content (AvgIpc) is 2.87. The lowest BCUT2D eigenvalue weighted by atomic mass is 9.69. The van der Waals surface area contributed by atoms with Crippen LogP contribution >= 0.6 is 0 Å². The molecule has 6 heteroatoms. The maximum Gasteiger partial charge on any atom is 0.305 e. The summed E-state index contributed by atoms with van der Waals surface area (Å²) in [6.45, 7) is 2.12. The number of ether oxygens (including phenoxy) is 2. The number of amides is 1. The van der Waals surface area contributed by atoms with Crippen LogP contribution in [0.4, 0.5) is 0 Å². The Morgan fingerprint density at radius 1 is 0.879 bits per heavy atom. The molecule has 0 saturated heterocycles. The molecular weight excluding hydrogens is 418 g/mol. The summed E-state index contributed by atoms with van der Waals surface area (Å²) < 4.78 is 9.62. The van der Waals surface area contributed by atoms with Crippen LogP contribution in [-0.2, 0) is 19.7 Å². The van der Waals surface area contributed by atoms with E-state index in [2.05, 4.69) is 34.3 Å². The summed E-state index contributed by atoms with van der Waals surface area (Å²) in [6.07, 6.45) is 6.47. The van der Waals surface area contributed by atoms with Crippen LogP contribution in [0.3, 0.4) is 0 Å². The number of ketones is 1. The zero-order valence-electron chi connectivity index (χ0n) is 19.9. The molecule has 0 heterocycles. The van der Waals surface area contributed by atoms with Crippen molar-refractivity contribution in [3.63, 3.8) is 0 Å². The topological polar surface area (TPSA) is 81.7 Å². The van der Waals surface area contributed by atoms with E-state index in [9.17, 15) is 14.4 Å². The van der Waals surface area contributed by atoms with Crippen molar-refractivity contribution in [2.24, 2.45) is 0 Å². The molecule has 0 aromatic heterocycles. The van der Waals surface area contributed by atoms with Gasteiger partial charge in [0.25, 0.3) is 5.91 Å². The summed E-state index contributed by atoms with van der Waals surface area (Å²) in [5.74, 6) is 0.242. The van der Waals surface area contributed by atoms with Gasteiger partial charge in [-0.25, -0.2) is 0 Å². The minimum absolute atomic E-state index is 0.0143. The third kappa shape index (κ3) is 8.04. The van der Waals surface area contributed by atoms with Gasteiger partial charge in [0.05, 0.1) is 26.2 Å². The van der Waals surface area contributed by atoms with Crippen molar-refractivity contribution < 1.29 is 23.9 Å². The van der Waals surface area contributed by atoms with E-state index in [-0.39, 0.29) is 35.9 Å². The van der Waals surface area contributed by atoms with Crippen molar-refractivity contribution in [3.05, 3.63) is 65.7 Å². The predicted octanol–water partition coefficient (Wildman–Crippen LogP) is 4.86. The van der Waals surface area contributed by atoms with E-state index < -0.39 is 0 Å². The smallest absolute Gasteiger partial charge is 0.305 e. The van der Waals surface area contributed by atoms with Crippen LogP contribution < -0.4 is 10.1 Å². The Hall–Kier alpha value is -3.15. The lowest BCUT2D eigenvalue weighted by Gasteiger charge is -2.38. The fourth-order valence-corrected chi connectivity index (χ4v) is 4.14. The number of methoxy groups -OCH3 is 2. The van der Waals surface area contributed by atoms with Gasteiger partial charge in [-0.05, 0) is 37.5 Å². The first-order valence-electron chi connectivity index (χ1n) is 11.4. The molecule has 2 aromatic rings. The van der Waals surface area contributed by atoms with Gasteiger partial charge in [0, 0.05) is 18.4 Å². The molecule has 1 N–H and O–H groups in total. The average molecular weight is 454 g/mol. The van der Waals surface area contributed by atoms with Crippen LogP contribution in [0.1, 0.15) is 67.8 Å². The van der Waals surface area contributed by atoms with Crippen LogP contribution in [0.25, 0.3) is 0 Å². The first-order valence-corrected chi connectivity index (χ1v) is 11.4. The van der Waals surface area contributed by atoms with Crippen molar-refractivity contribution in [1.82, 2.24) is 5.32 Å². The predicted molar refractivity (Wildman–Crippen MR) is 128 cm³/mol. The highest BCUT2D eigenvalue weighted by Crippen LogP contribution is 2.39. The van der Waals surface area contributed by atoms with Crippen molar-refractivity contribution in [1.29, 1.82) is 0 Å².